The topological polar surface area (TPSA) is 46.9 Å². The van der Waals surface area contributed by atoms with E-state index in [2.05, 4.69) is 10.3 Å². The Hall–Kier alpha value is -1.79. The molecule has 0 saturated heterocycles. The van der Waals surface area contributed by atoms with Crippen LogP contribution in [0.15, 0.2) is 36.4 Å². The number of carbonyl (C=O) groups excluding carboxylic acids is 1. The van der Waals surface area contributed by atoms with Gasteiger partial charge in [0.1, 0.15) is 10.7 Å². The Labute approximate surface area is 168 Å². The first-order valence-corrected chi connectivity index (χ1v) is 9.66. The van der Waals surface area contributed by atoms with E-state index in [1.165, 1.54) is 11.3 Å². The molecule has 1 amide bonds. The Kier molecular flexibility index (Phi) is 4.57. The van der Waals surface area contributed by atoms with Crippen molar-refractivity contribution in [3.8, 4) is 0 Å². The Bertz CT molecular complexity index is 1170. The van der Waals surface area contributed by atoms with Gasteiger partial charge < -0.3 is 9.88 Å². The molecule has 0 atom stereocenters. The van der Waals surface area contributed by atoms with Crippen LogP contribution in [-0.4, -0.2) is 15.5 Å². The zero-order chi connectivity index (χ0) is 18.4. The van der Waals surface area contributed by atoms with E-state index in [0.717, 1.165) is 21.6 Å². The summed E-state index contributed by atoms with van der Waals surface area (Å²) in [5.74, 6) is 0.494. The number of nitrogens with one attached hydrogen (secondary N) is 1. The second kappa shape index (κ2) is 6.74. The molecule has 0 aliphatic carbocycles. The smallest absolute Gasteiger partial charge is 0.263 e. The van der Waals surface area contributed by atoms with Crippen molar-refractivity contribution in [3.05, 3.63) is 62.2 Å². The van der Waals surface area contributed by atoms with Gasteiger partial charge in [-0.25, -0.2) is 4.98 Å². The number of aromatic nitrogens is 2. The quantitative estimate of drug-likeness (QED) is 0.460. The lowest BCUT2D eigenvalue weighted by atomic mass is 10.2. The Morgan fingerprint density at radius 1 is 1.23 bits per heavy atom. The Balaban J connectivity index is 1.62. The minimum absolute atomic E-state index is 0.268. The van der Waals surface area contributed by atoms with Crippen molar-refractivity contribution in [1.82, 2.24) is 14.9 Å². The van der Waals surface area contributed by atoms with Gasteiger partial charge in [0.2, 0.25) is 0 Å². The first-order valence-electron chi connectivity index (χ1n) is 7.71. The maximum absolute atomic E-state index is 12.6. The highest BCUT2D eigenvalue weighted by atomic mass is 35.5. The maximum Gasteiger partial charge on any atom is 0.263 e. The van der Waals surface area contributed by atoms with Crippen LogP contribution < -0.4 is 5.32 Å². The van der Waals surface area contributed by atoms with Crippen LogP contribution >= 0.6 is 46.1 Å². The third-order valence-electron chi connectivity index (χ3n) is 4.14. The third-order valence-corrected chi connectivity index (χ3v) is 6.28. The molecule has 0 spiro atoms. The number of carbonyl (C=O) groups is 1. The molecule has 2 aromatic heterocycles. The van der Waals surface area contributed by atoms with Crippen molar-refractivity contribution in [2.45, 2.75) is 6.54 Å². The molecule has 2 aromatic carbocycles. The Morgan fingerprint density at radius 2 is 2.00 bits per heavy atom. The molecule has 132 valence electrons. The van der Waals surface area contributed by atoms with Gasteiger partial charge in [-0.05, 0) is 24.3 Å². The standard InChI is InChI=1S/C18H12Cl3N3OS/c1-24-12-5-3-2-4-11(12)23-14(24)8-22-18(25)17-16(21)15-10(20)6-9(19)7-13(15)26-17/h2-7H,8H2,1H3,(H,22,25). The summed E-state index contributed by atoms with van der Waals surface area (Å²) in [5, 5.41) is 4.81. The molecule has 1 N–H and O–H groups in total. The van der Waals surface area contributed by atoms with Gasteiger partial charge in [-0.3, -0.25) is 4.79 Å². The number of nitrogens with zero attached hydrogens (tertiary/aromatic N) is 2. The summed E-state index contributed by atoms with van der Waals surface area (Å²) in [6, 6.07) is 11.2. The molecule has 0 saturated carbocycles. The molecular formula is C18H12Cl3N3OS. The number of benzene rings is 2. The van der Waals surface area contributed by atoms with Crippen molar-refractivity contribution < 1.29 is 4.79 Å². The fourth-order valence-electron chi connectivity index (χ4n) is 2.85. The van der Waals surface area contributed by atoms with Crippen LogP contribution in [0.25, 0.3) is 21.1 Å². The number of hydrogen-bond acceptors (Lipinski definition) is 3. The molecule has 4 aromatic rings. The van der Waals surface area contributed by atoms with Crippen LogP contribution in [0.2, 0.25) is 15.1 Å². The number of amides is 1. The van der Waals surface area contributed by atoms with Crippen LogP contribution in [0.3, 0.4) is 0 Å². The minimum atomic E-state index is -0.268. The summed E-state index contributed by atoms with van der Waals surface area (Å²) in [7, 11) is 1.92. The monoisotopic (exact) mass is 423 g/mol. The normalized spacial score (nSPS) is 11.4. The van der Waals surface area contributed by atoms with Gasteiger partial charge in [0.15, 0.2) is 0 Å². The van der Waals surface area contributed by atoms with Crippen LogP contribution in [0, 0.1) is 0 Å². The minimum Gasteiger partial charge on any atom is -0.344 e. The summed E-state index contributed by atoms with van der Waals surface area (Å²) in [6.45, 7) is 0.295. The predicted octanol–water partition coefficient (Wildman–Crippen LogP) is 5.68. The van der Waals surface area contributed by atoms with Crippen LogP contribution in [0.5, 0.6) is 0 Å². The lowest BCUT2D eigenvalue weighted by Crippen LogP contribution is -2.23. The third kappa shape index (κ3) is 2.95. The summed E-state index contributed by atoms with van der Waals surface area (Å²) in [5.41, 5.74) is 1.90. The average Bonchev–Trinajstić information content (AvgIpc) is 3.10. The van der Waals surface area contributed by atoms with E-state index >= 15 is 0 Å². The maximum atomic E-state index is 12.6. The highest BCUT2D eigenvalue weighted by Crippen LogP contribution is 2.41. The van der Waals surface area contributed by atoms with E-state index in [0.29, 0.717) is 31.9 Å². The van der Waals surface area contributed by atoms with E-state index in [4.69, 9.17) is 34.8 Å². The van der Waals surface area contributed by atoms with E-state index in [-0.39, 0.29) is 5.91 Å². The summed E-state index contributed by atoms with van der Waals surface area (Å²) < 4.78 is 2.74. The van der Waals surface area contributed by atoms with E-state index < -0.39 is 0 Å². The molecule has 8 heteroatoms. The van der Waals surface area contributed by atoms with Crippen molar-refractivity contribution in [3.63, 3.8) is 0 Å². The van der Waals surface area contributed by atoms with Gasteiger partial charge in [-0.1, -0.05) is 46.9 Å². The molecule has 0 fully saturated rings. The largest absolute Gasteiger partial charge is 0.344 e. The lowest BCUT2D eigenvalue weighted by Gasteiger charge is -2.05. The van der Waals surface area contributed by atoms with Gasteiger partial charge in [0, 0.05) is 22.2 Å². The number of aryl methyl sites for hydroxylation is 1. The fourth-order valence-corrected chi connectivity index (χ4v) is 5.15. The highest BCUT2D eigenvalue weighted by molar-refractivity contribution is 7.21. The molecule has 26 heavy (non-hydrogen) atoms. The van der Waals surface area contributed by atoms with Gasteiger partial charge >= 0.3 is 0 Å². The molecule has 0 radical (unpaired) electrons. The van der Waals surface area contributed by atoms with Gasteiger partial charge in [0.05, 0.1) is 27.6 Å². The number of para-hydroxylation sites is 2. The first kappa shape index (κ1) is 17.6. The fraction of sp³-hybridized carbons (Fsp3) is 0.111. The zero-order valence-electron chi connectivity index (χ0n) is 13.5. The van der Waals surface area contributed by atoms with Crippen LogP contribution in [0.1, 0.15) is 15.5 Å². The van der Waals surface area contributed by atoms with Crippen molar-refractivity contribution in [2.24, 2.45) is 7.05 Å². The summed E-state index contributed by atoms with van der Waals surface area (Å²) in [6.07, 6.45) is 0. The zero-order valence-corrected chi connectivity index (χ0v) is 16.6. The average molecular weight is 425 g/mol. The number of imidazole rings is 1. The molecule has 0 aliphatic rings. The van der Waals surface area contributed by atoms with Gasteiger partial charge in [-0.15, -0.1) is 11.3 Å². The second-order valence-electron chi connectivity index (χ2n) is 5.76. The van der Waals surface area contributed by atoms with Crippen molar-refractivity contribution in [1.29, 1.82) is 0 Å². The van der Waals surface area contributed by atoms with Gasteiger partial charge in [0.25, 0.3) is 5.91 Å². The van der Waals surface area contributed by atoms with Gasteiger partial charge in [-0.2, -0.15) is 0 Å². The molecule has 4 rings (SSSR count). The number of rotatable bonds is 3. The molecule has 4 nitrogen and oxygen atoms in total. The SMILES string of the molecule is Cn1c(CNC(=O)c2sc3cc(Cl)cc(Cl)c3c2Cl)nc2ccccc21. The summed E-state index contributed by atoms with van der Waals surface area (Å²) in [4.78, 5) is 17.6. The molecule has 0 aliphatic heterocycles. The van der Waals surface area contributed by atoms with Crippen molar-refractivity contribution in [2.75, 3.05) is 0 Å². The van der Waals surface area contributed by atoms with E-state index in [9.17, 15) is 4.79 Å². The lowest BCUT2D eigenvalue weighted by molar-refractivity contribution is 0.0954. The van der Waals surface area contributed by atoms with Crippen LogP contribution in [0.4, 0.5) is 0 Å². The van der Waals surface area contributed by atoms with E-state index in [1.54, 1.807) is 12.1 Å². The molecular weight excluding hydrogens is 413 g/mol. The van der Waals surface area contributed by atoms with Crippen LogP contribution in [-0.2, 0) is 13.6 Å². The molecule has 0 unspecified atom stereocenters. The number of fused-ring (bicyclic) bond motifs is 2. The number of thiophene rings is 1. The number of hydrogen-bond donors (Lipinski definition) is 1. The van der Waals surface area contributed by atoms with Crippen molar-refractivity contribution >= 4 is 73.2 Å². The molecule has 0 bridgehead atoms. The first-order chi connectivity index (χ1) is 12.5. The molecule has 2 heterocycles. The number of halogens is 3. The second-order valence-corrected chi connectivity index (χ2v) is 8.04. The van der Waals surface area contributed by atoms with E-state index in [1.807, 2.05) is 35.9 Å². The summed E-state index contributed by atoms with van der Waals surface area (Å²) >= 11 is 19.9. The Morgan fingerprint density at radius 3 is 2.77 bits per heavy atom. The highest BCUT2D eigenvalue weighted by Gasteiger charge is 2.20. The predicted molar refractivity (Wildman–Crippen MR) is 109 cm³/mol.